The third kappa shape index (κ3) is 2.62. The summed E-state index contributed by atoms with van der Waals surface area (Å²) >= 11 is 0. The fourth-order valence-electron chi connectivity index (χ4n) is 3.80. The molecule has 0 radical (unpaired) electrons. The number of aryl methyl sites for hydroxylation is 1. The van der Waals surface area contributed by atoms with Crippen LogP contribution in [0.4, 0.5) is 0 Å². The molecule has 0 spiro atoms. The van der Waals surface area contributed by atoms with E-state index in [0.29, 0.717) is 0 Å². The number of pyridine rings is 1. The predicted molar refractivity (Wildman–Crippen MR) is 97.9 cm³/mol. The third-order valence-electron chi connectivity index (χ3n) is 5.09. The van der Waals surface area contributed by atoms with E-state index in [1.165, 1.54) is 27.7 Å². The summed E-state index contributed by atoms with van der Waals surface area (Å²) in [5.74, 6) is 0. The Morgan fingerprint density at radius 1 is 1.29 bits per heavy atom. The van der Waals surface area contributed by atoms with Crippen LogP contribution in [-0.4, -0.2) is 28.0 Å². The van der Waals surface area contributed by atoms with Crippen molar-refractivity contribution in [3.63, 3.8) is 0 Å². The minimum absolute atomic E-state index is 0.0423. The van der Waals surface area contributed by atoms with Crippen LogP contribution in [0.2, 0.25) is 0 Å². The molecule has 124 valence electrons. The predicted octanol–water partition coefficient (Wildman–Crippen LogP) is 3.03. The Hall–Kier alpha value is -2.17. The van der Waals surface area contributed by atoms with Gasteiger partial charge >= 0.3 is 0 Å². The molecule has 1 unspecified atom stereocenters. The van der Waals surface area contributed by atoms with Crippen LogP contribution in [-0.2, 0) is 19.5 Å². The number of rotatable bonds is 3. The minimum Gasteiger partial charge on any atom is -0.342 e. The quantitative estimate of drug-likeness (QED) is 0.807. The first-order valence-electron chi connectivity index (χ1n) is 8.58. The molecule has 4 nitrogen and oxygen atoms in total. The van der Waals surface area contributed by atoms with Gasteiger partial charge in [-0.2, -0.15) is 0 Å². The zero-order chi connectivity index (χ0) is 16.7. The first kappa shape index (κ1) is 15.4. The minimum atomic E-state index is -0.0423. The second-order valence-corrected chi connectivity index (χ2v) is 6.94. The molecule has 4 rings (SSSR count). The Kier molecular flexibility index (Phi) is 3.87. The Morgan fingerprint density at radius 2 is 2.17 bits per heavy atom. The Morgan fingerprint density at radius 3 is 2.96 bits per heavy atom. The lowest BCUT2D eigenvalue weighted by atomic mass is 10.0. The number of fused-ring (bicyclic) bond motifs is 3. The van der Waals surface area contributed by atoms with E-state index in [0.717, 1.165) is 31.6 Å². The number of likely N-dealkylation sites (N-methyl/N-ethyl adjacent to an activating group) is 1. The van der Waals surface area contributed by atoms with Crippen LogP contribution in [0.3, 0.4) is 0 Å². The highest BCUT2D eigenvalue weighted by Gasteiger charge is 2.23. The van der Waals surface area contributed by atoms with Gasteiger partial charge in [-0.1, -0.05) is 17.7 Å². The van der Waals surface area contributed by atoms with Gasteiger partial charge in [-0.15, -0.1) is 0 Å². The highest BCUT2D eigenvalue weighted by atomic mass is 15.1. The molecule has 0 saturated heterocycles. The Bertz CT molecular complexity index is 866. The van der Waals surface area contributed by atoms with Crippen LogP contribution in [0.5, 0.6) is 0 Å². The molecule has 0 fully saturated rings. The van der Waals surface area contributed by atoms with E-state index in [4.69, 9.17) is 5.73 Å². The number of benzene rings is 1. The zero-order valence-electron chi connectivity index (χ0n) is 14.4. The monoisotopic (exact) mass is 320 g/mol. The Labute approximate surface area is 142 Å². The van der Waals surface area contributed by atoms with Gasteiger partial charge in [-0.25, -0.2) is 0 Å². The van der Waals surface area contributed by atoms with Crippen molar-refractivity contribution >= 4 is 10.9 Å². The van der Waals surface area contributed by atoms with Crippen molar-refractivity contribution in [2.24, 2.45) is 5.73 Å². The highest BCUT2D eigenvalue weighted by molar-refractivity contribution is 5.86. The van der Waals surface area contributed by atoms with Crippen LogP contribution >= 0.6 is 0 Å². The normalized spacial score (nSPS) is 16.3. The van der Waals surface area contributed by atoms with E-state index in [1.807, 2.05) is 12.3 Å². The molecule has 2 N–H and O–H groups in total. The van der Waals surface area contributed by atoms with Crippen LogP contribution < -0.4 is 5.73 Å². The van der Waals surface area contributed by atoms with Crippen LogP contribution in [0, 0.1) is 6.92 Å². The maximum atomic E-state index is 6.50. The number of hydrogen-bond donors (Lipinski definition) is 1. The molecule has 1 atom stereocenters. The molecule has 3 heterocycles. The zero-order valence-corrected chi connectivity index (χ0v) is 14.4. The van der Waals surface area contributed by atoms with Crippen molar-refractivity contribution in [2.75, 3.05) is 13.6 Å². The number of nitrogens with two attached hydrogens (primary N) is 1. The lowest BCUT2D eigenvalue weighted by Gasteiger charge is -2.25. The van der Waals surface area contributed by atoms with Gasteiger partial charge in [0.25, 0.3) is 0 Å². The summed E-state index contributed by atoms with van der Waals surface area (Å²) in [6.45, 7) is 5.08. The van der Waals surface area contributed by atoms with Gasteiger partial charge in [-0.3, -0.25) is 4.98 Å². The maximum absolute atomic E-state index is 6.50. The molecule has 0 aliphatic carbocycles. The smallest absolute Gasteiger partial charge is 0.0492 e. The SMILES string of the molecule is Cc1ccc2c(c1)c1c(n2CC(N)c2cccnc2)CCN(C)C1. The molecule has 4 heteroatoms. The van der Waals surface area contributed by atoms with Gasteiger partial charge in [0.15, 0.2) is 0 Å². The summed E-state index contributed by atoms with van der Waals surface area (Å²) < 4.78 is 2.44. The average Bonchev–Trinajstić information content (AvgIpc) is 2.88. The van der Waals surface area contributed by atoms with Gasteiger partial charge in [0.05, 0.1) is 0 Å². The molecule has 2 aromatic heterocycles. The molecule has 0 saturated carbocycles. The molecule has 1 aliphatic heterocycles. The van der Waals surface area contributed by atoms with Gasteiger partial charge in [0, 0.05) is 61.1 Å². The summed E-state index contributed by atoms with van der Waals surface area (Å²) in [6.07, 6.45) is 4.75. The number of aromatic nitrogens is 2. The van der Waals surface area contributed by atoms with E-state index < -0.39 is 0 Å². The Balaban J connectivity index is 1.80. The van der Waals surface area contributed by atoms with E-state index in [2.05, 4.69) is 52.7 Å². The van der Waals surface area contributed by atoms with Crippen LogP contribution in [0.1, 0.15) is 28.4 Å². The summed E-state index contributed by atoms with van der Waals surface area (Å²) in [5.41, 5.74) is 13.1. The van der Waals surface area contributed by atoms with E-state index >= 15 is 0 Å². The van der Waals surface area contributed by atoms with E-state index in [1.54, 1.807) is 6.20 Å². The van der Waals surface area contributed by atoms with Gasteiger partial charge in [-0.05, 0) is 43.3 Å². The highest BCUT2D eigenvalue weighted by Crippen LogP contribution is 2.32. The summed E-state index contributed by atoms with van der Waals surface area (Å²) in [7, 11) is 2.20. The van der Waals surface area contributed by atoms with Gasteiger partial charge in [0.2, 0.25) is 0 Å². The van der Waals surface area contributed by atoms with Crippen molar-refractivity contribution in [1.29, 1.82) is 0 Å². The maximum Gasteiger partial charge on any atom is 0.0492 e. The third-order valence-corrected chi connectivity index (χ3v) is 5.09. The average molecular weight is 320 g/mol. The summed E-state index contributed by atoms with van der Waals surface area (Å²) in [5, 5.41) is 1.38. The van der Waals surface area contributed by atoms with Gasteiger partial charge in [0.1, 0.15) is 0 Å². The summed E-state index contributed by atoms with van der Waals surface area (Å²) in [4.78, 5) is 6.61. The van der Waals surface area contributed by atoms with Crippen LogP contribution in [0.25, 0.3) is 10.9 Å². The standard InChI is InChI=1S/C20H24N4/c1-14-5-6-19-16(10-14)17-12-23(2)9-7-20(17)24(19)13-18(21)15-4-3-8-22-11-15/h3-6,8,10-11,18H,7,9,12-13,21H2,1-2H3. The van der Waals surface area contributed by atoms with Gasteiger partial charge < -0.3 is 15.2 Å². The molecular formula is C20H24N4. The van der Waals surface area contributed by atoms with E-state index in [9.17, 15) is 0 Å². The molecule has 1 aliphatic rings. The lowest BCUT2D eigenvalue weighted by Crippen LogP contribution is -2.28. The molecule has 24 heavy (non-hydrogen) atoms. The van der Waals surface area contributed by atoms with Crippen molar-refractivity contribution in [3.8, 4) is 0 Å². The first-order chi connectivity index (χ1) is 11.6. The number of hydrogen-bond acceptors (Lipinski definition) is 3. The molecular weight excluding hydrogens is 296 g/mol. The van der Waals surface area contributed by atoms with Crippen molar-refractivity contribution in [1.82, 2.24) is 14.5 Å². The van der Waals surface area contributed by atoms with Crippen LogP contribution in [0.15, 0.2) is 42.7 Å². The molecule has 0 bridgehead atoms. The second kappa shape index (κ2) is 6.04. The van der Waals surface area contributed by atoms with Crippen molar-refractivity contribution < 1.29 is 0 Å². The van der Waals surface area contributed by atoms with Crippen molar-refractivity contribution in [3.05, 3.63) is 65.1 Å². The number of nitrogens with zero attached hydrogens (tertiary/aromatic N) is 3. The van der Waals surface area contributed by atoms with Crippen molar-refractivity contribution in [2.45, 2.75) is 32.5 Å². The molecule has 1 aromatic carbocycles. The molecule has 3 aromatic rings. The summed E-state index contributed by atoms with van der Waals surface area (Å²) in [6, 6.07) is 10.7. The molecule has 0 amide bonds. The second-order valence-electron chi connectivity index (χ2n) is 6.94. The fraction of sp³-hybridized carbons (Fsp3) is 0.350. The first-order valence-corrected chi connectivity index (χ1v) is 8.58. The van der Waals surface area contributed by atoms with E-state index in [-0.39, 0.29) is 6.04 Å². The fourth-order valence-corrected chi connectivity index (χ4v) is 3.80. The lowest BCUT2D eigenvalue weighted by molar-refractivity contribution is 0.308. The topological polar surface area (TPSA) is 47.1 Å². The largest absolute Gasteiger partial charge is 0.342 e.